The Morgan fingerprint density at radius 3 is 0.340 bits per heavy atom. The number of hydrogen-bond donors (Lipinski definition) is 0. The van der Waals surface area contributed by atoms with E-state index < -0.39 is 0 Å². The summed E-state index contributed by atoms with van der Waals surface area (Å²) in [6, 6.07) is 0. The van der Waals surface area contributed by atoms with Crippen molar-refractivity contribution in [3.63, 3.8) is 0 Å². The SMILES string of the molecule is C[C]1[CH][C](C)[C](C)[C]1C.C[C]1[C](C)[C](C)[C](C)[C]1C.C[C]1[C](C)[C](C)[C](C)[C]1C.C[C]1[C](C)[C](C)[C](C)[C]1C.[Cl][Ru+].[Cl][Ru+].[Cl][Ru+].[Cl][Ru+]. The summed E-state index contributed by atoms with van der Waals surface area (Å²) in [5, 5.41) is 0. The van der Waals surface area contributed by atoms with Gasteiger partial charge in [0.25, 0.3) is 0 Å². The summed E-state index contributed by atoms with van der Waals surface area (Å²) in [4.78, 5) is 0. The second-order valence-corrected chi connectivity index (χ2v) is 12.1. The molecule has 0 aromatic heterocycles. The van der Waals surface area contributed by atoms with Crippen molar-refractivity contribution in [2.75, 3.05) is 0 Å². The van der Waals surface area contributed by atoms with Crippen molar-refractivity contribution in [1.82, 2.24) is 0 Å². The molecule has 0 aliphatic heterocycles. The van der Waals surface area contributed by atoms with E-state index >= 15 is 0 Å². The summed E-state index contributed by atoms with van der Waals surface area (Å²) in [6.45, 7) is 41.7. The van der Waals surface area contributed by atoms with Gasteiger partial charge in [0.15, 0.2) is 0 Å². The molecule has 0 bridgehead atoms. The number of rotatable bonds is 0. The Labute approximate surface area is 354 Å². The Kier molecular flexibility index (Phi) is 37.7. The van der Waals surface area contributed by atoms with Crippen LogP contribution in [0.2, 0.25) is 0 Å². The standard InChI is InChI=1S/3C10H15.C9H13.4ClH.4Ru/c3*1-6-7(2)9(4)10(5)8(6)3;1-6-5-7(2)9(4)8(6)3;;;;;;;;/h3*1-5H3;5H,1-4H3;4*1H;;;;/q;;;;;;;;4*+2/p-4. The normalized spacial score (nSPS) is 24.1. The van der Waals surface area contributed by atoms with E-state index in [0.717, 1.165) is 0 Å². The van der Waals surface area contributed by atoms with Gasteiger partial charge >= 0.3 is 108 Å². The summed E-state index contributed by atoms with van der Waals surface area (Å²) in [6.07, 6.45) is 2.24. The monoisotopic (exact) mass is 1070 g/mol. The first-order chi connectivity index (χ1) is 21.8. The maximum absolute atomic E-state index is 4.57. The van der Waals surface area contributed by atoms with Gasteiger partial charge in [0.2, 0.25) is 0 Å². The summed E-state index contributed by atoms with van der Waals surface area (Å²) < 4.78 is 0. The van der Waals surface area contributed by atoms with E-state index in [1.54, 1.807) is 0 Å². The van der Waals surface area contributed by atoms with Crippen LogP contribution < -0.4 is 0 Å². The fourth-order valence-corrected chi connectivity index (χ4v) is 5.35. The second kappa shape index (κ2) is 30.9. The first-order valence-electron chi connectivity index (χ1n) is 15.1. The molecule has 270 valence electrons. The predicted octanol–water partition coefficient (Wildman–Crippen LogP) is 14.2. The molecule has 0 nitrogen and oxygen atoms in total. The van der Waals surface area contributed by atoms with E-state index in [9.17, 15) is 0 Å². The Morgan fingerprint density at radius 2 is 0.298 bits per heavy atom. The molecule has 4 fully saturated rings. The van der Waals surface area contributed by atoms with Crippen molar-refractivity contribution in [3.05, 3.63) is 119 Å². The van der Waals surface area contributed by atoms with Crippen LogP contribution in [-0.2, 0) is 69.2 Å². The maximum atomic E-state index is 4.57. The van der Waals surface area contributed by atoms with Gasteiger partial charge in [0, 0.05) is 0 Å². The molecule has 0 atom stereocenters. The van der Waals surface area contributed by atoms with Crippen molar-refractivity contribution in [2.45, 2.75) is 132 Å². The van der Waals surface area contributed by atoms with Gasteiger partial charge in [-0.3, -0.25) is 0 Å². The zero-order valence-corrected chi connectivity index (χ0v) is 42.0. The van der Waals surface area contributed by atoms with Gasteiger partial charge in [-0.1, -0.05) is 132 Å². The Hall–Kier alpha value is 3.65. The first-order valence-corrected chi connectivity index (χ1v) is 24.1. The molecule has 4 aliphatic rings. The molecule has 20 radical (unpaired) electrons. The van der Waals surface area contributed by atoms with Gasteiger partial charge in [0.1, 0.15) is 0 Å². The molecule has 4 aliphatic carbocycles. The third-order valence-electron chi connectivity index (χ3n) is 10.6. The molecule has 0 aromatic carbocycles. The summed E-state index contributed by atoms with van der Waals surface area (Å²) in [7, 11) is 18.3. The fraction of sp³-hybridized carbons (Fsp3) is 0.487. The average Bonchev–Trinajstić information content (AvgIpc) is 3.57. The van der Waals surface area contributed by atoms with Crippen LogP contribution in [0.4, 0.5) is 0 Å². The zero-order chi connectivity index (χ0) is 38.7. The van der Waals surface area contributed by atoms with Gasteiger partial charge in [-0.05, 0) is 119 Å². The van der Waals surface area contributed by atoms with Crippen molar-refractivity contribution in [2.24, 2.45) is 0 Å². The summed E-state index contributed by atoms with van der Waals surface area (Å²) in [5.74, 6) is 27.8. The molecule has 0 heterocycles. The minimum atomic E-state index is 1.42. The van der Waals surface area contributed by atoms with Crippen LogP contribution in [-0.4, -0.2) is 0 Å². The van der Waals surface area contributed by atoms with E-state index in [4.69, 9.17) is 0 Å². The average molecular weight is 1070 g/mol. The summed E-state index contributed by atoms with van der Waals surface area (Å²) >= 11 is 7.29. The van der Waals surface area contributed by atoms with Gasteiger partial charge in [-0.25, -0.2) is 0 Å². The van der Waals surface area contributed by atoms with Crippen molar-refractivity contribution in [3.8, 4) is 0 Å². The Morgan fingerprint density at radius 1 is 0.213 bits per heavy atom. The molecule has 0 spiro atoms. The van der Waals surface area contributed by atoms with E-state index in [1.165, 1.54) is 112 Å². The Bertz CT molecular complexity index is 501. The second-order valence-electron chi connectivity index (χ2n) is 12.1. The topological polar surface area (TPSA) is 0 Å². The van der Waals surface area contributed by atoms with Crippen LogP contribution in [0.3, 0.4) is 0 Å². The van der Waals surface area contributed by atoms with Crippen molar-refractivity contribution in [1.29, 1.82) is 0 Å². The predicted molar refractivity (Wildman–Crippen MR) is 197 cm³/mol. The van der Waals surface area contributed by atoms with E-state index in [0.29, 0.717) is 0 Å². The van der Waals surface area contributed by atoms with E-state index in [2.05, 4.69) is 177 Å². The molecule has 0 saturated heterocycles. The zero-order valence-electron chi connectivity index (χ0n) is 32.0. The van der Waals surface area contributed by atoms with Crippen LogP contribution in [0.5, 0.6) is 0 Å². The van der Waals surface area contributed by atoms with Crippen LogP contribution in [0.25, 0.3) is 0 Å². The van der Waals surface area contributed by atoms with Crippen LogP contribution in [0.1, 0.15) is 132 Å². The third-order valence-corrected chi connectivity index (χ3v) is 10.6. The quantitative estimate of drug-likeness (QED) is 0.212. The van der Waals surface area contributed by atoms with Gasteiger partial charge < -0.3 is 0 Å². The van der Waals surface area contributed by atoms with E-state index in [1.807, 2.05) is 69.2 Å². The molecule has 0 N–H and O–H groups in total. The molecule has 4 rings (SSSR count). The molecule has 8 heteroatoms. The third kappa shape index (κ3) is 17.8. The summed E-state index contributed by atoms with van der Waals surface area (Å²) in [5.41, 5.74) is 0. The fourth-order valence-electron chi connectivity index (χ4n) is 5.35. The van der Waals surface area contributed by atoms with Gasteiger partial charge in [-0.2, -0.15) is 0 Å². The first kappa shape index (κ1) is 57.4. The number of halogens is 4. The van der Waals surface area contributed by atoms with Crippen molar-refractivity contribution < 1.29 is 69.2 Å². The minimum absolute atomic E-state index is 1.42. The van der Waals surface area contributed by atoms with Crippen LogP contribution >= 0.6 is 38.8 Å². The van der Waals surface area contributed by atoms with Crippen LogP contribution in [0.15, 0.2) is 0 Å². The molecule has 0 amide bonds. The van der Waals surface area contributed by atoms with Gasteiger partial charge in [0.05, 0.1) is 0 Å². The molecule has 47 heavy (non-hydrogen) atoms. The Balaban J connectivity index is -0.000000244. The molecular weight excluding hydrogens is 1010 g/mol. The molecule has 0 aromatic rings. The van der Waals surface area contributed by atoms with Crippen molar-refractivity contribution >= 4 is 38.8 Å². The molecular formula is C39H58Cl4Ru4+4. The molecule has 0 unspecified atom stereocenters. The molecule has 4 saturated carbocycles. The number of hydrogen-bond acceptors (Lipinski definition) is 0. The van der Waals surface area contributed by atoms with Gasteiger partial charge in [-0.15, -0.1) is 0 Å². The van der Waals surface area contributed by atoms with E-state index in [-0.39, 0.29) is 0 Å². The van der Waals surface area contributed by atoms with Crippen LogP contribution in [0, 0.1) is 119 Å².